The highest BCUT2D eigenvalue weighted by atomic mass is 14.3. The molecule has 1 rings (SSSR count). The molecule has 0 N–H and O–H groups in total. The van der Waals surface area contributed by atoms with Gasteiger partial charge >= 0.3 is 0 Å². The van der Waals surface area contributed by atoms with Crippen LogP contribution in [0.25, 0.3) is 0 Å². The minimum Gasteiger partial charge on any atom is -0.0654 e. The standard InChI is InChI=1S/C22H44/c1-6-8-13-18(3)16-19(4)17-21(7-2)22-15-12-10-9-11-14-20(22)5/h18-22H,6-17H2,1-5H3. The molecule has 0 amide bonds. The molecule has 1 aliphatic rings. The van der Waals surface area contributed by atoms with Crippen LogP contribution in [0.15, 0.2) is 0 Å². The zero-order valence-corrected chi connectivity index (χ0v) is 16.4. The minimum atomic E-state index is 0.925. The molecule has 1 fully saturated rings. The van der Waals surface area contributed by atoms with Crippen molar-refractivity contribution in [2.75, 3.05) is 0 Å². The molecule has 5 atom stereocenters. The lowest BCUT2D eigenvalue weighted by Crippen LogP contribution is -2.25. The summed E-state index contributed by atoms with van der Waals surface area (Å²) >= 11 is 0. The molecule has 0 nitrogen and oxygen atoms in total. The first kappa shape index (κ1) is 20.0. The summed E-state index contributed by atoms with van der Waals surface area (Å²) in [5, 5.41) is 0. The van der Waals surface area contributed by atoms with Crippen LogP contribution in [0.4, 0.5) is 0 Å². The van der Waals surface area contributed by atoms with Crippen molar-refractivity contribution in [3.63, 3.8) is 0 Å². The molecule has 0 bridgehead atoms. The fourth-order valence-electron chi connectivity index (χ4n) is 5.01. The van der Waals surface area contributed by atoms with E-state index in [4.69, 9.17) is 0 Å². The van der Waals surface area contributed by atoms with Gasteiger partial charge in [-0.05, 0) is 48.9 Å². The zero-order valence-electron chi connectivity index (χ0n) is 16.4. The van der Waals surface area contributed by atoms with Crippen molar-refractivity contribution < 1.29 is 0 Å². The van der Waals surface area contributed by atoms with Crippen LogP contribution in [0.1, 0.15) is 112 Å². The van der Waals surface area contributed by atoms with E-state index in [2.05, 4.69) is 34.6 Å². The Morgan fingerprint density at radius 2 is 1.55 bits per heavy atom. The van der Waals surface area contributed by atoms with Crippen molar-refractivity contribution in [1.29, 1.82) is 0 Å². The highest BCUT2D eigenvalue weighted by molar-refractivity contribution is 4.78. The molecule has 0 aromatic heterocycles. The summed E-state index contributed by atoms with van der Waals surface area (Å²) in [5.41, 5.74) is 0. The van der Waals surface area contributed by atoms with E-state index in [1.807, 2.05) is 0 Å². The fraction of sp³-hybridized carbons (Fsp3) is 1.00. The van der Waals surface area contributed by atoms with Gasteiger partial charge in [0.2, 0.25) is 0 Å². The van der Waals surface area contributed by atoms with Gasteiger partial charge in [0.1, 0.15) is 0 Å². The van der Waals surface area contributed by atoms with Crippen molar-refractivity contribution >= 4 is 0 Å². The summed E-state index contributed by atoms with van der Waals surface area (Å²) in [5.74, 6) is 4.83. The third-order valence-electron chi connectivity index (χ3n) is 6.37. The Morgan fingerprint density at radius 3 is 2.18 bits per heavy atom. The average molecular weight is 309 g/mol. The summed E-state index contributed by atoms with van der Waals surface area (Å²) in [7, 11) is 0. The number of rotatable bonds is 9. The molecule has 5 unspecified atom stereocenters. The second-order valence-electron chi connectivity index (χ2n) is 8.63. The molecular weight excluding hydrogens is 264 g/mol. The first-order chi connectivity index (χ1) is 10.6. The first-order valence-corrected chi connectivity index (χ1v) is 10.6. The molecule has 0 heteroatoms. The predicted octanol–water partition coefficient (Wildman–Crippen LogP) is 7.86. The van der Waals surface area contributed by atoms with E-state index in [1.165, 1.54) is 77.0 Å². The van der Waals surface area contributed by atoms with Gasteiger partial charge in [0, 0.05) is 0 Å². The summed E-state index contributed by atoms with van der Waals surface area (Å²) in [4.78, 5) is 0. The summed E-state index contributed by atoms with van der Waals surface area (Å²) in [6.45, 7) is 12.3. The minimum absolute atomic E-state index is 0.925. The van der Waals surface area contributed by atoms with E-state index in [0.717, 1.165) is 29.6 Å². The number of hydrogen-bond donors (Lipinski definition) is 0. The molecule has 0 aromatic carbocycles. The molecule has 132 valence electrons. The maximum Gasteiger partial charge on any atom is -0.0360 e. The van der Waals surface area contributed by atoms with Gasteiger partial charge in [-0.25, -0.2) is 0 Å². The smallest absolute Gasteiger partial charge is 0.0360 e. The highest BCUT2D eigenvalue weighted by Gasteiger charge is 2.27. The quantitative estimate of drug-likeness (QED) is 0.406. The molecule has 0 aromatic rings. The van der Waals surface area contributed by atoms with Gasteiger partial charge in [-0.15, -0.1) is 0 Å². The largest absolute Gasteiger partial charge is 0.0654 e. The van der Waals surface area contributed by atoms with Gasteiger partial charge < -0.3 is 0 Å². The van der Waals surface area contributed by atoms with Crippen molar-refractivity contribution in [3.8, 4) is 0 Å². The second-order valence-corrected chi connectivity index (χ2v) is 8.63. The molecule has 0 saturated heterocycles. The van der Waals surface area contributed by atoms with E-state index >= 15 is 0 Å². The summed E-state index contributed by atoms with van der Waals surface area (Å²) in [6, 6.07) is 0. The van der Waals surface area contributed by atoms with E-state index in [9.17, 15) is 0 Å². The lowest BCUT2D eigenvalue weighted by molar-refractivity contribution is 0.158. The van der Waals surface area contributed by atoms with E-state index in [1.54, 1.807) is 0 Å². The van der Waals surface area contributed by atoms with E-state index in [-0.39, 0.29) is 0 Å². The third kappa shape index (κ3) is 7.51. The Balaban J connectivity index is 2.47. The fourth-order valence-corrected chi connectivity index (χ4v) is 5.01. The van der Waals surface area contributed by atoms with Crippen molar-refractivity contribution in [2.45, 2.75) is 112 Å². The molecule has 0 spiro atoms. The monoisotopic (exact) mass is 308 g/mol. The van der Waals surface area contributed by atoms with Crippen LogP contribution < -0.4 is 0 Å². The molecule has 1 saturated carbocycles. The molecule has 0 radical (unpaired) electrons. The van der Waals surface area contributed by atoms with Crippen LogP contribution in [0, 0.1) is 29.6 Å². The van der Waals surface area contributed by atoms with Gasteiger partial charge in [-0.3, -0.25) is 0 Å². The average Bonchev–Trinajstić information content (AvgIpc) is 2.47. The second kappa shape index (κ2) is 11.5. The van der Waals surface area contributed by atoms with Crippen molar-refractivity contribution in [2.24, 2.45) is 29.6 Å². The Bertz CT molecular complexity index is 257. The lowest BCUT2D eigenvalue weighted by Gasteiger charge is -2.35. The van der Waals surface area contributed by atoms with Gasteiger partial charge in [-0.1, -0.05) is 92.4 Å². The third-order valence-corrected chi connectivity index (χ3v) is 6.37. The topological polar surface area (TPSA) is 0 Å². The van der Waals surface area contributed by atoms with E-state index in [0.29, 0.717) is 0 Å². The Hall–Kier alpha value is 0. The molecule has 0 aliphatic heterocycles. The summed E-state index contributed by atoms with van der Waals surface area (Å²) in [6.07, 6.45) is 17.5. The SMILES string of the molecule is CCCCC(C)CC(C)CC(CC)C1CCCCCCC1C. The molecular formula is C22H44. The van der Waals surface area contributed by atoms with Gasteiger partial charge in [0.15, 0.2) is 0 Å². The van der Waals surface area contributed by atoms with Gasteiger partial charge in [0.25, 0.3) is 0 Å². The van der Waals surface area contributed by atoms with Crippen LogP contribution in [-0.4, -0.2) is 0 Å². The highest BCUT2D eigenvalue weighted by Crippen LogP contribution is 2.38. The Morgan fingerprint density at radius 1 is 0.864 bits per heavy atom. The Kier molecular flexibility index (Phi) is 10.5. The van der Waals surface area contributed by atoms with Crippen LogP contribution in [0.5, 0.6) is 0 Å². The normalized spacial score (nSPS) is 27.7. The zero-order chi connectivity index (χ0) is 16.4. The number of unbranched alkanes of at least 4 members (excludes halogenated alkanes) is 1. The maximum absolute atomic E-state index is 2.55. The van der Waals surface area contributed by atoms with Crippen LogP contribution in [0.2, 0.25) is 0 Å². The summed E-state index contributed by atoms with van der Waals surface area (Å²) < 4.78 is 0. The Labute approximate surface area is 141 Å². The predicted molar refractivity (Wildman–Crippen MR) is 101 cm³/mol. The van der Waals surface area contributed by atoms with Crippen LogP contribution >= 0.6 is 0 Å². The molecule has 1 aliphatic carbocycles. The maximum atomic E-state index is 2.55. The van der Waals surface area contributed by atoms with Gasteiger partial charge in [0.05, 0.1) is 0 Å². The van der Waals surface area contributed by atoms with Crippen LogP contribution in [0.3, 0.4) is 0 Å². The number of hydrogen-bond acceptors (Lipinski definition) is 0. The van der Waals surface area contributed by atoms with Crippen molar-refractivity contribution in [3.05, 3.63) is 0 Å². The van der Waals surface area contributed by atoms with Crippen LogP contribution in [-0.2, 0) is 0 Å². The first-order valence-electron chi connectivity index (χ1n) is 10.6. The van der Waals surface area contributed by atoms with Gasteiger partial charge in [-0.2, -0.15) is 0 Å². The molecule has 22 heavy (non-hydrogen) atoms. The van der Waals surface area contributed by atoms with E-state index < -0.39 is 0 Å². The molecule has 0 heterocycles. The van der Waals surface area contributed by atoms with Crippen molar-refractivity contribution in [1.82, 2.24) is 0 Å². The lowest BCUT2D eigenvalue weighted by atomic mass is 9.71.